The summed E-state index contributed by atoms with van der Waals surface area (Å²) in [7, 11) is -4.15. The minimum atomic E-state index is -4.15. The first kappa shape index (κ1) is 29.3. The maximum Gasteiger partial charge on any atom is 0.266 e. The summed E-state index contributed by atoms with van der Waals surface area (Å²) in [6, 6.07) is 7.65. The van der Waals surface area contributed by atoms with E-state index in [1.807, 2.05) is 59.7 Å². The Morgan fingerprint density at radius 1 is 0.758 bits per heavy atom. The van der Waals surface area contributed by atoms with Gasteiger partial charge in [-0.25, -0.2) is 13.1 Å². The minimum absolute atomic E-state index is 0.154. The van der Waals surface area contributed by atoms with Crippen LogP contribution in [0.2, 0.25) is 0 Å². The molecule has 0 aromatic heterocycles. The summed E-state index contributed by atoms with van der Waals surface area (Å²) in [6.07, 6.45) is 0. The monoisotopic (exact) mass is 807 g/mol. The quantitative estimate of drug-likeness (QED) is 0.258. The van der Waals surface area contributed by atoms with E-state index in [9.17, 15) is 13.2 Å². The van der Waals surface area contributed by atoms with Gasteiger partial charge in [0.05, 0.1) is 10.5 Å². The zero-order chi connectivity index (χ0) is 25.7. The highest BCUT2D eigenvalue weighted by Crippen LogP contribution is 2.40. The lowest BCUT2D eigenvalue weighted by atomic mass is 9.75. The van der Waals surface area contributed by atoms with Gasteiger partial charge in [0, 0.05) is 10.7 Å². The van der Waals surface area contributed by atoms with Gasteiger partial charge in [0.25, 0.3) is 15.9 Å². The SMILES string of the molecule is CC(C)(C)c1cc(C(C)(C)C)c(S(=O)(=O)NC(=O)c2cc(I)cc(I)c2I)c(C(C)(C)C)c1. The van der Waals surface area contributed by atoms with Gasteiger partial charge < -0.3 is 0 Å². The first-order valence-corrected chi connectivity index (χ1v) is 15.3. The molecule has 0 aliphatic carbocycles. The van der Waals surface area contributed by atoms with Crippen LogP contribution in [0.15, 0.2) is 29.2 Å². The molecule has 0 saturated carbocycles. The Labute approximate surface area is 239 Å². The van der Waals surface area contributed by atoms with Crippen LogP contribution in [0, 0.1) is 10.7 Å². The Morgan fingerprint density at radius 2 is 1.21 bits per heavy atom. The van der Waals surface area contributed by atoms with Gasteiger partial charge in [-0.3, -0.25) is 4.79 Å². The summed E-state index contributed by atoms with van der Waals surface area (Å²) < 4.78 is 32.6. The third-order valence-electron chi connectivity index (χ3n) is 5.30. The van der Waals surface area contributed by atoms with E-state index in [-0.39, 0.29) is 10.3 Å². The minimum Gasteiger partial charge on any atom is -0.268 e. The molecule has 0 saturated heterocycles. The molecular weight excluding hydrogens is 775 g/mol. The zero-order valence-corrected chi connectivity index (χ0v) is 27.9. The predicted molar refractivity (Wildman–Crippen MR) is 162 cm³/mol. The van der Waals surface area contributed by atoms with Gasteiger partial charge >= 0.3 is 0 Å². The topological polar surface area (TPSA) is 63.2 Å². The van der Waals surface area contributed by atoms with Crippen LogP contribution in [0.3, 0.4) is 0 Å². The molecule has 1 amide bonds. The van der Waals surface area contributed by atoms with Crippen molar-refractivity contribution in [2.45, 2.75) is 83.5 Å². The summed E-state index contributed by atoms with van der Waals surface area (Å²) in [4.78, 5) is 13.4. The molecule has 0 unspecified atom stereocenters. The number of halogens is 3. The lowest BCUT2D eigenvalue weighted by molar-refractivity contribution is 0.0980. The molecule has 0 aliphatic heterocycles. The lowest BCUT2D eigenvalue weighted by Gasteiger charge is -2.33. The molecule has 0 fully saturated rings. The summed E-state index contributed by atoms with van der Waals surface area (Å²) >= 11 is 6.38. The van der Waals surface area contributed by atoms with Crippen molar-refractivity contribution >= 4 is 83.7 Å². The Morgan fingerprint density at radius 3 is 1.61 bits per heavy atom. The first-order valence-electron chi connectivity index (χ1n) is 10.6. The maximum absolute atomic E-state index is 13.9. The van der Waals surface area contributed by atoms with Crippen LogP contribution in [0.4, 0.5) is 0 Å². The Balaban J connectivity index is 2.82. The number of rotatable bonds is 3. The van der Waals surface area contributed by atoms with Crippen molar-refractivity contribution in [2.75, 3.05) is 0 Å². The van der Waals surface area contributed by atoms with Crippen LogP contribution < -0.4 is 4.72 Å². The van der Waals surface area contributed by atoms with Crippen molar-refractivity contribution in [3.8, 4) is 0 Å². The Hall–Kier alpha value is 0.0500. The number of hydrogen-bond donors (Lipinski definition) is 1. The van der Waals surface area contributed by atoms with Crippen LogP contribution in [0.25, 0.3) is 0 Å². The fourth-order valence-corrected chi connectivity index (χ4v) is 7.58. The van der Waals surface area contributed by atoms with Crippen LogP contribution in [-0.4, -0.2) is 14.3 Å². The van der Waals surface area contributed by atoms with Crippen molar-refractivity contribution in [1.82, 2.24) is 4.72 Å². The van der Waals surface area contributed by atoms with Gasteiger partial charge in [-0.05, 0) is 113 Å². The number of amides is 1. The van der Waals surface area contributed by atoms with Crippen LogP contribution >= 0.6 is 67.8 Å². The third kappa shape index (κ3) is 6.84. The van der Waals surface area contributed by atoms with Crippen LogP contribution in [-0.2, 0) is 26.3 Å². The van der Waals surface area contributed by atoms with Crippen molar-refractivity contribution in [3.63, 3.8) is 0 Å². The predicted octanol–water partition coefficient (Wildman–Crippen LogP) is 7.51. The molecular formula is C25H32I3NO3S. The lowest BCUT2D eigenvalue weighted by Crippen LogP contribution is -2.35. The zero-order valence-electron chi connectivity index (χ0n) is 20.6. The molecule has 2 aromatic carbocycles. The Kier molecular flexibility index (Phi) is 8.73. The second kappa shape index (κ2) is 9.84. The molecule has 0 bridgehead atoms. The molecule has 0 spiro atoms. The van der Waals surface area contributed by atoms with Gasteiger partial charge in [-0.15, -0.1) is 0 Å². The molecule has 182 valence electrons. The van der Waals surface area contributed by atoms with Gasteiger partial charge in [-0.1, -0.05) is 74.4 Å². The van der Waals surface area contributed by atoms with Crippen molar-refractivity contribution < 1.29 is 13.2 Å². The highest BCUT2D eigenvalue weighted by atomic mass is 127. The molecule has 1 N–H and O–H groups in total. The van der Waals surface area contributed by atoms with Gasteiger partial charge in [-0.2, -0.15) is 0 Å². The van der Waals surface area contributed by atoms with Gasteiger partial charge in [0.1, 0.15) is 0 Å². The molecule has 4 nitrogen and oxygen atoms in total. The number of hydrogen-bond acceptors (Lipinski definition) is 3. The van der Waals surface area contributed by atoms with Crippen molar-refractivity contribution in [1.29, 1.82) is 0 Å². The summed E-state index contributed by atoms with van der Waals surface area (Å²) in [5, 5.41) is 0. The van der Waals surface area contributed by atoms with Crippen molar-refractivity contribution in [2.24, 2.45) is 0 Å². The summed E-state index contributed by atoms with van der Waals surface area (Å²) in [6.45, 7) is 18.4. The summed E-state index contributed by atoms with van der Waals surface area (Å²) in [5.41, 5.74) is 1.82. The van der Waals surface area contributed by atoms with E-state index >= 15 is 0 Å². The standard InChI is InChI=1S/C25H32I3NO3S/c1-23(2,3)14-10-17(24(4,5)6)21(18(11-14)25(7,8)9)33(31,32)29-22(30)16-12-15(26)13-19(27)20(16)28/h10-13H,1-9H3,(H,29,30). The van der Waals surface area contributed by atoms with E-state index < -0.39 is 26.8 Å². The van der Waals surface area contributed by atoms with E-state index in [0.717, 1.165) is 16.3 Å². The highest BCUT2D eigenvalue weighted by molar-refractivity contribution is 14.1. The average molecular weight is 807 g/mol. The number of benzene rings is 2. The molecule has 0 heterocycles. The molecule has 0 atom stereocenters. The van der Waals surface area contributed by atoms with E-state index in [2.05, 4.69) is 93.3 Å². The maximum atomic E-state index is 13.9. The van der Waals surface area contributed by atoms with Gasteiger partial charge in [0.2, 0.25) is 0 Å². The molecule has 2 rings (SSSR count). The normalized spacial score (nSPS) is 13.2. The fraction of sp³-hybridized carbons (Fsp3) is 0.480. The second-order valence-electron chi connectivity index (χ2n) is 11.3. The molecule has 8 heteroatoms. The fourth-order valence-electron chi connectivity index (χ4n) is 3.41. The highest BCUT2D eigenvalue weighted by Gasteiger charge is 2.36. The smallest absolute Gasteiger partial charge is 0.266 e. The van der Waals surface area contributed by atoms with Crippen LogP contribution in [0.5, 0.6) is 0 Å². The summed E-state index contributed by atoms with van der Waals surface area (Å²) in [5.74, 6) is -0.615. The number of carbonyl (C=O) groups is 1. The van der Waals surface area contributed by atoms with E-state index in [1.54, 1.807) is 6.07 Å². The number of sulfonamides is 1. The largest absolute Gasteiger partial charge is 0.268 e. The van der Waals surface area contributed by atoms with Crippen LogP contribution in [0.1, 0.15) is 89.4 Å². The van der Waals surface area contributed by atoms with E-state index in [4.69, 9.17) is 0 Å². The molecule has 0 aliphatic rings. The second-order valence-corrected chi connectivity index (χ2v) is 16.4. The average Bonchev–Trinajstić information content (AvgIpc) is 2.60. The third-order valence-corrected chi connectivity index (χ3v) is 10.4. The van der Waals surface area contributed by atoms with E-state index in [0.29, 0.717) is 16.7 Å². The van der Waals surface area contributed by atoms with Gasteiger partial charge in [0.15, 0.2) is 0 Å². The number of nitrogens with one attached hydrogen (secondary N) is 1. The Bertz CT molecular complexity index is 1160. The molecule has 2 aromatic rings. The first-order chi connectivity index (χ1) is 14.7. The molecule has 33 heavy (non-hydrogen) atoms. The van der Waals surface area contributed by atoms with E-state index in [1.165, 1.54) is 0 Å². The van der Waals surface area contributed by atoms with Crippen molar-refractivity contribution in [3.05, 3.63) is 57.2 Å². The molecule has 0 radical (unpaired) electrons. The number of carbonyl (C=O) groups excluding carboxylic acids is 1.